The Bertz CT molecular complexity index is 454. The maximum Gasteiger partial charge on any atom is 0.251 e. The fourth-order valence-electron chi connectivity index (χ4n) is 2.97. The molecule has 3 rings (SSSR count). The summed E-state index contributed by atoms with van der Waals surface area (Å²) in [5.41, 5.74) is 0.679. The Morgan fingerprint density at radius 3 is 2.70 bits per heavy atom. The number of nitrogens with one attached hydrogen (secondary N) is 1. The zero-order valence-corrected chi connectivity index (χ0v) is 11.6. The van der Waals surface area contributed by atoms with Gasteiger partial charge in [0.05, 0.1) is 6.61 Å². The van der Waals surface area contributed by atoms with E-state index in [4.69, 9.17) is 9.47 Å². The van der Waals surface area contributed by atoms with Crippen molar-refractivity contribution in [2.75, 3.05) is 13.2 Å². The summed E-state index contributed by atoms with van der Waals surface area (Å²) in [6, 6.07) is 9.24. The molecule has 108 valence electrons. The van der Waals surface area contributed by atoms with Crippen LogP contribution in [-0.2, 0) is 9.47 Å². The van der Waals surface area contributed by atoms with E-state index in [0.29, 0.717) is 18.7 Å². The summed E-state index contributed by atoms with van der Waals surface area (Å²) < 4.78 is 11.9. The molecule has 1 heterocycles. The molecule has 1 saturated heterocycles. The van der Waals surface area contributed by atoms with Gasteiger partial charge in [0, 0.05) is 24.9 Å². The Morgan fingerprint density at radius 2 is 1.95 bits per heavy atom. The van der Waals surface area contributed by atoms with Crippen LogP contribution in [0, 0.1) is 0 Å². The second-order valence-electron chi connectivity index (χ2n) is 5.60. The predicted octanol–water partition coefficient (Wildman–Crippen LogP) is 2.49. The van der Waals surface area contributed by atoms with Crippen LogP contribution in [0.1, 0.15) is 42.5 Å². The highest BCUT2D eigenvalue weighted by Crippen LogP contribution is 2.37. The van der Waals surface area contributed by atoms with Gasteiger partial charge in [-0.2, -0.15) is 0 Å². The van der Waals surface area contributed by atoms with E-state index in [1.165, 1.54) is 19.3 Å². The number of ether oxygens (including phenoxy) is 2. The van der Waals surface area contributed by atoms with Crippen LogP contribution in [0.15, 0.2) is 30.3 Å². The second kappa shape index (κ2) is 5.94. The Kier molecular flexibility index (Phi) is 4.03. The van der Waals surface area contributed by atoms with Crippen molar-refractivity contribution in [3.05, 3.63) is 35.9 Å². The number of amides is 1. The molecule has 0 unspecified atom stereocenters. The van der Waals surface area contributed by atoms with E-state index in [2.05, 4.69) is 5.32 Å². The molecule has 2 aliphatic rings. The molecular weight excluding hydrogens is 254 g/mol. The number of benzene rings is 1. The molecule has 1 spiro atoms. The summed E-state index contributed by atoms with van der Waals surface area (Å²) in [5.74, 6) is -0.417. The van der Waals surface area contributed by atoms with Gasteiger partial charge in [0.25, 0.3) is 5.91 Å². The zero-order chi connectivity index (χ0) is 13.8. The summed E-state index contributed by atoms with van der Waals surface area (Å²) in [6.07, 6.45) is 5.54. The number of carbonyl (C=O) groups is 1. The number of hydrogen-bond donors (Lipinski definition) is 1. The van der Waals surface area contributed by atoms with Crippen molar-refractivity contribution in [2.45, 2.75) is 44.0 Å². The lowest BCUT2D eigenvalue weighted by atomic mass is 9.94. The van der Waals surface area contributed by atoms with E-state index in [9.17, 15) is 4.79 Å². The van der Waals surface area contributed by atoms with Crippen LogP contribution in [0.25, 0.3) is 0 Å². The predicted molar refractivity (Wildman–Crippen MR) is 75.4 cm³/mol. The molecule has 2 fully saturated rings. The SMILES string of the molecule is O=C(NC[C@@H]1COC2(CCCCC2)O1)c1ccccc1. The quantitative estimate of drug-likeness (QED) is 0.922. The smallest absolute Gasteiger partial charge is 0.251 e. The number of hydrogen-bond acceptors (Lipinski definition) is 3. The van der Waals surface area contributed by atoms with Gasteiger partial charge in [-0.25, -0.2) is 0 Å². The normalized spacial score (nSPS) is 24.7. The van der Waals surface area contributed by atoms with Crippen molar-refractivity contribution >= 4 is 5.91 Å². The van der Waals surface area contributed by atoms with E-state index in [1.54, 1.807) is 0 Å². The molecule has 1 atom stereocenters. The molecule has 1 aliphatic heterocycles. The van der Waals surface area contributed by atoms with Crippen LogP contribution < -0.4 is 5.32 Å². The summed E-state index contributed by atoms with van der Waals surface area (Å²) in [5, 5.41) is 2.92. The maximum absolute atomic E-state index is 12.0. The Balaban J connectivity index is 1.49. The standard InChI is InChI=1S/C16H21NO3/c18-15(13-7-3-1-4-8-13)17-11-14-12-19-16(20-14)9-5-2-6-10-16/h1,3-4,7-8,14H,2,5-6,9-12H2,(H,17,18)/t14-/m1/s1. The average Bonchev–Trinajstić information content (AvgIpc) is 2.89. The molecule has 0 aromatic heterocycles. The fourth-order valence-corrected chi connectivity index (χ4v) is 2.97. The molecule has 0 radical (unpaired) electrons. The van der Waals surface area contributed by atoms with Crippen LogP contribution in [0.4, 0.5) is 0 Å². The van der Waals surface area contributed by atoms with E-state index in [1.807, 2.05) is 30.3 Å². The molecule has 1 aliphatic carbocycles. The first-order valence-electron chi connectivity index (χ1n) is 7.42. The van der Waals surface area contributed by atoms with E-state index in [-0.39, 0.29) is 17.8 Å². The van der Waals surface area contributed by atoms with Gasteiger partial charge in [-0.15, -0.1) is 0 Å². The highest BCUT2D eigenvalue weighted by molar-refractivity contribution is 5.94. The summed E-state index contributed by atoms with van der Waals surface area (Å²) >= 11 is 0. The van der Waals surface area contributed by atoms with Gasteiger partial charge in [0.2, 0.25) is 0 Å². The van der Waals surface area contributed by atoms with Crippen molar-refractivity contribution in [1.82, 2.24) is 5.32 Å². The summed E-state index contributed by atoms with van der Waals surface area (Å²) in [6.45, 7) is 1.09. The van der Waals surface area contributed by atoms with Gasteiger partial charge >= 0.3 is 0 Å². The van der Waals surface area contributed by atoms with Crippen molar-refractivity contribution in [1.29, 1.82) is 0 Å². The lowest BCUT2D eigenvalue weighted by Crippen LogP contribution is -2.37. The number of carbonyl (C=O) groups excluding carboxylic acids is 1. The molecular formula is C16H21NO3. The zero-order valence-electron chi connectivity index (χ0n) is 11.6. The Labute approximate surface area is 119 Å². The first-order valence-corrected chi connectivity index (χ1v) is 7.42. The third-order valence-corrected chi connectivity index (χ3v) is 4.06. The third-order valence-electron chi connectivity index (χ3n) is 4.06. The van der Waals surface area contributed by atoms with Crippen molar-refractivity contribution in [3.8, 4) is 0 Å². The number of rotatable bonds is 3. The van der Waals surface area contributed by atoms with E-state index < -0.39 is 0 Å². The van der Waals surface area contributed by atoms with Crippen LogP contribution in [0.5, 0.6) is 0 Å². The Morgan fingerprint density at radius 1 is 1.20 bits per heavy atom. The van der Waals surface area contributed by atoms with Gasteiger partial charge in [-0.05, 0) is 25.0 Å². The summed E-state index contributed by atoms with van der Waals surface area (Å²) in [4.78, 5) is 12.0. The minimum Gasteiger partial charge on any atom is -0.349 e. The molecule has 20 heavy (non-hydrogen) atoms. The van der Waals surface area contributed by atoms with Gasteiger partial charge in [0.15, 0.2) is 5.79 Å². The van der Waals surface area contributed by atoms with Crippen LogP contribution in [-0.4, -0.2) is 30.9 Å². The van der Waals surface area contributed by atoms with Gasteiger partial charge < -0.3 is 14.8 Å². The second-order valence-corrected chi connectivity index (χ2v) is 5.60. The van der Waals surface area contributed by atoms with Crippen molar-refractivity contribution < 1.29 is 14.3 Å². The topological polar surface area (TPSA) is 47.6 Å². The largest absolute Gasteiger partial charge is 0.349 e. The minimum absolute atomic E-state index is 0.0271. The highest BCUT2D eigenvalue weighted by atomic mass is 16.7. The third kappa shape index (κ3) is 3.02. The van der Waals surface area contributed by atoms with Crippen LogP contribution in [0.3, 0.4) is 0 Å². The lowest BCUT2D eigenvalue weighted by molar-refractivity contribution is -0.186. The lowest BCUT2D eigenvalue weighted by Gasteiger charge is -2.31. The molecule has 4 nitrogen and oxygen atoms in total. The molecule has 4 heteroatoms. The maximum atomic E-state index is 12.0. The van der Waals surface area contributed by atoms with Crippen molar-refractivity contribution in [3.63, 3.8) is 0 Å². The Hall–Kier alpha value is -1.39. The van der Waals surface area contributed by atoms with E-state index in [0.717, 1.165) is 12.8 Å². The molecule has 1 saturated carbocycles. The van der Waals surface area contributed by atoms with Crippen LogP contribution >= 0.6 is 0 Å². The highest BCUT2D eigenvalue weighted by Gasteiger charge is 2.42. The minimum atomic E-state index is -0.361. The molecule has 1 N–H and O–H groups in total. The molecule has 1 amide bonds. The van der Waals surface area contributed by atoms with E-state index >= 15 is 0 Å². The van der Waals surface area contributed by atoms with Gasteiger partial charge in [0.1, 0.15) is 6.10 Å². The molecule has 1 aromatic carbocycles. The monoisotopic (exact) mass is 275 g/mol. The average molecular weight is 275 g/mol. The van der Waals surface area contributed by atoms with Crippen LogP contribution in [0.2, 0.25) is 0 Å². The fraction of sp³-hybridized carbons (Fsp3) is 0.562. The first kappa shape index (κ1) is 13.6. The first-order chi connectivity index (χ1) is 9.77. The van der Waals surface area contributed by atoms with Gasteiger partial charge in [-0.3, -0.25) is 4.79 Å². The summed E-state index contributed by atoms with van der Waals surface area (Å²) in [7, 11) is 0. The van der Waals surface area contributed by atoms with Gasteiger partial charge in [-0.1, -0.05) is 24.6 Å². The van der Waals surface area contributed by atoms with Crippen molar-refractivity contribution in [2.24, 2.45) is 0 Å². The molecule has 0 bridgehead atoms. The molecule has 1 aromatic rings.